The Bertz CT molecular complexity index is 177. The van der Waals surface area contributed by atoms with Crippen LogP contribution in [0.2, 0.25) is 0 Å². The smallest absolute Gasteiger partial charge is 0.179 e. The quantitative estimate of drug-likeness (QED) is 0.516. The van der Waals surface area contributed by atoms with E-state index >= 15 is 0 Å². The van der Waals surface area contributed by atoms with Crippen LogP contribution in [0, 0.1) is 22.8 Å². The van der Waals surface area contributed by atoms with E-state index in [0.717, 1.165) is 19.0 Å². The van der Waals surface area contributed by atoms with Crippen molar-refractivity contribution < 1.29 is 0 Å². The first-order valence-electron chi connectivity index (χ1n) is 4.68. The SMILES string of the molecule is CC(C)(C)C1CCN(C#N)CC1. The van der Waals surface area contributed by atoms with Gasteiger partial charge in [0, 0.05) is 13.1 Å². The Morgan fingerprint density at radius 1 is 1.25 bits per heavy atom. The standard InChI is InChI=1S/C10H18N2/c1-10(2,3)9-4-6-12(8-11)7-5-9/h9H,4-7H2,1-3H3. The number of piperidine rings is 1. The molecule has 0 radical (unpaired) electrons. The van der Waals surface area contributed by atoms with Crippen molar-refractivity contribution in [2.24, 2.45) is 11.3 Å². The van der Waals surface area contributed by atoms with Crippen molar-refractivity contribution >= 4 is 0 Å². The van der Waals surface area contributed by atoms with Gasteiger partial charge < -0.3 is 4.90 Å². The van der Waals surface area contributed by atoms with E-state index in [1.54, 1.807) is 0 Å². The zero-order valence-electron chi connectivity index (χ0n) is 8.30. The lowest BCUT2D eigenvalue weighted by Crippen LogP contribution is -2.35. The molecular weight excluding hydrogens is 148 g/mol. The fourth-order valence-electron chi connectivity index (χ4n) is 1.85. The van der Waals surface area contributed by atoms with Crippen molar-refractivity contribution in [2.75, 3.05) is 13.1 Å². The molecule has 0 aromatic heterocycles. The summed E-state index contributed by atoms with van der Waals surface area (Å²) >= 11 is 0. The van der Waals surface area contributed by atoms with Crippen LogP contribution in [0.5, 0.6) is 0 Å². The van der Waals surface area contributed by atoms with Crippen LogP contribution in [0.3, 0.4) is 0 Å². The van der Waals surface area contributed by atoms with Crippen LogP contribution in [-0.2, 0) is 0 Å². The molecule has 0 aliphatic carbocycles. The Hall–Kier alpha value is -0.710. The zero-order chi connectivity index (χ0) is 9.19. The molecule has 1 fully saturated rings. The van der Waals surface area contributed by atoms with Crippen molar-refractivity contribution in [3.05, 3.63) is 0 Å². The van der Waals surface area contributed by atoms with Crippen LogP contribution in [0.15, 0.2) is 0 Å². The van der Waals surface area contributed by atoms with E-state index in [9.17, 15) is 0 Å². The summed E-state index contributed by atoms with van der Waals surface area (Å²) in [5.74, 6) is 0.794. The second-order valence-corrected chi connectivity index (χ2v) is 4.73. The minimum absolute atomic E-state index is 0.418. The van der Waals surface area contributed by atoms with Crippen LogP contribution < -0.4 is 0 Å². The predicted octanol–water partition coefficient (Wildman–Crippen LogP) is 2.23. The van der Waals surface area contributed by atoms with Crippen LogP contribution in [0.1, 0.15) is 33.6 Å². The molecule has 1 saturated heterocycles. The van der Waals surface area contributed by atoms with Crippen LogP contribution in [0.4, 0.5) is 0 Å². The van der Waals surface area contributed by atoms with Gasteiger partial charge in [-0.1, -0.05) is 20.8 Å². The fraction of sp³-hybridized carbons (Fsp3) is 0.900. The molecule has 2 nitrogen and oxygen atoms in total. The largest absolute Gasteiger partial charge is 0.311 e. The average Bonchev–Trinajstić information content (AvgIpc) is 2.03. The average molecular weight is 166 g/mol. The summed E-state index contributed by atoms with van der Waals surface area (Å²) in [6.45, 7) is 8.79. The third kappa shape index (κ3) is 2.14. The topological polar surface area (TPSA) is 27.0 Å². The Kier molecular flexibility index (Phi) is 2.62. The van der Waals surface area contributed by atoms with Gasteiger partial charge in [-0.15, -0.1) is 0 Å². The van der Waals surface area contributed by atoms with E-state index in [1.807, 2.05) is 4.90 Å². The highest BCUT2D eigenvalue weighted by Gasteiger charge is 2.28. The molecule has 68 valence electrons. The van der Waals surface area contributed by atoms with E-state index < -0.39 is 0 Å². The van der Waals surface area contributed by atoms with E-state index in [2.05, 4.69) is 27.0 Å². The van der Waals surface area contributed by atoms with Gasteiger partial charge in [0.25, 0.3) is 0 Å². The molecule has 0 unspecified atom stereocenters. The maximum absolute atomic E-state index is 8.66. The van der Waals surface area contributed by atoms with Gasteiger partial charge in [-0.25, -0.2) is 0 Å². The van der Waals surface area contributed by atoms with Crippen LogP contribution in [0.25, 0.3) is 0 Å². The highest BCUT2D eigenvalue weighted by molar-refractivity contribution is 4.85. The monoisotopic (exact) mass is 166 g/mol. The van der Waals surface area contributed by atoms with E-state index in [1.165, 1.54) is 12.8 Å². The van der Waals surface area contributed by atoms with Gasteiger partial charge in [-0.2, -0.15) is 5.26 Å². The highest BCUT2D eigenvalue weighted by Crippen LogP contribution is 2.33. The van der Waals surface area contributed by atoms with Gasteiger partial charge >= 0.3 is 0 Å². The van der Waals surface area contributed by atoms with Gasteiger partial charge in [0.15, 0.2) is 6.19 Å². The first-order valence-corrected chi connectivity index (χ1v) is 4.68. The normalized spacial score (nSPS) is 20.7. The van der Waals surface area contributed by atoms with E-state index in [4.69, 9.17) is 5.26 Å². The minimum Gasteiger partial charge on any atom is -0.311 e. The third-order valence-electron chi connectivity index (χ3n) is 2.86. The number of hydrogen-bond acceptors (Lipinski definition) is 2. The molecular formula is C10H18N2. The molecule has 0 saturated carbocycles. The molecule has 0 bridgehead atoms. The molecule has 1 aliphatic rings. The number of hydrogen-bond donors (Lipinski definition) is 0. The first-order chi connectivity index (χ1) is 5.54. The van der Waals surface area contributed by atoms with Gasteiger partial charge in [0.05, 0.1) is 0 Å². The molecule has 1 heterocycles. The Labute approximate surface area is 75.2 Å². The number of likely N-dealkylation sites (tertiary alicyclic amines) is 1. The Morgan fingerprint density at radius 2 is 1.75 bits per heavy atom. The zero-order valence-corrected chi connectivity index (χ0v) is 8.30. The second-order valence-electron chi connectivity index (χ2n) is 4.73. The molecule has 0 atom stereocenters. The lowest BCUT2D eigenvalue weighted by atomic mass is 9.75. The summed E-state index contributed by atoms with van der Waals surface area (Å²) in [5, 5.41) is 8.66. The molecule has 0 amide bonds. The van der Waals surface area contributed by atoms with Crippen molar-refractivity contribution in [2.45, 2.75) is 33.6 Å². The van der Waals surface area contributed by atoms with Gasteiger partial charge in [-0.05, 0) is 24.2 Å². The molecule has 1 aliphatic heterocycles. The first kappa shape index (κ1) is 9.38. The summed E-state index contributed by atoms with van der Waals surface area (Å²) in [6.07, 6.45) is 4.56. The summed E-state index contributed by atoms with van der Waals surface area (Å²) in [5.41, 5.74) is 0.418. The molecule has 0 N–H and O–H groups in total. The lowest BCUT2D eigenvalue weighted by Gasteiger charge is -2.36. The van der Waals surface area contributed by atoms with Crippen molar-refractivity contribution in [3.63, 3.8) is 0 Å². The van der Waals surface area contributed by atoms with E-state index in [0.29, 0.717) is 5.41 Å². The second kappa shape index (κ2) is 3.35. The minimum atomic E-state index is 0.418. The van der Waals surface area contributed by atoms with Crippen molar-refractivity contribution in [3.8, 4) is 6.19 Å². The molecule has 0 spiro atoms. The number of nitrogens with zero attached hydrogens (tertiary/aromatic N) is 2. The Balaban J connectivity index is 2.42. The van der Waals surface area contributed by atoms with Gasteiger partial charge in [0.2, 0.25) is 0 Å². The van der Waals surface area contributed by atoms with E-state index in [-0.39, 0.29) is 0 Å². The third-order valence-corrected chi connectivity index (χ3v) is 2.86. The molecule has 0 aromatic rings. The maximum Gasteiger partial charge on any atom is 0.179 e. The lowest BCUT2D eigenvalue weighted by molar-refractivity contribution is 0.143. The van der Waals surface area contributed by atoms with Crippen LogP contribution >= 0.6 is 0 Å². The van der Waals surface area contributed by atoms with Crippen molar-refractivity contribution in [1.29, 1.82) is 5.26 Å². The molecule has 0 aromatic carbocycles. The van der Waals surface area contributed by atoms with Crippen molar-refractivity contribution in [1.82, 2.24) is 4.90 Å². The Morgan fingerprint density at radius 3 is 2.08 bits per heavy atom. The highest BCUT2D eigenvalue weighted by atomic mass is 15.1. The fourth-order valence-corrected chi connectivity index (χ4v) is 1.85. The molecule has 12 heavy (non-hydrogen) atoms. The van der Waals surface area contributed by atoms with Gasteiger partial charge in [0.1, 0.15) is 0 Å². The number of nitriles is 1. The summed E-state index contributed by atoms with van der Waals surface area (Å²) < 4.78 is 0. The molecule has 2 heteroatoms. The summed E-state index contributed by atoms with van der Waals surface area (Å²) in [4.78, 5) is 1.86. The predicted molar refractivity (Wildman–Crippen MR) is 49.4 cm³/mol. The van der Waals surface area contributed by atoms with Gasteiger partial charge in [-0.3, -0.25) is 0 Å². The van der Waals surface area contributed by atoms with Crippen LogP contribution in [-0.4, -0.2) is 18.0 Å². The molecule has 1 rings (SSSR count). The number of rotatable bonds is 0. The summed E-state index contributed by atoms with van der Waals surface area (Å²) in [6, 6.07) is 0. The maximum atomic E-state index is 8.66. The summed E-state index contributed by atoms with van der Waals surface area (Å²) in [7, 11) is 0.